The smallest absolute Gasteiger partial charge is 0.255 e. The molecule has 0 spiro atoms. The summed E-state index contributed by atoms with van der Waals surface area (Å²) in [6.45, 7) is 6.04. The van der Waals surface area contributed by atoms with Gasteiger partial charge in [0.2, 0.25) is 11.1 Å². The number of aromatic nitrogens is 3. The Kier molecular flexibility index (Phi) is 6.79. The zero-order chi connectivity index (χ0) is 22.8. The van der Waals surface area contributed by atoms with E-state index >= 15 is 0 Å². The SMILES string of the molecule is CC1=C(C(=O)Nc2ccc(Cl)cc2)C(C(C)C)n2nc(SCc3ccc(Cl)cc3)nc2N1. The highest BCUT2D eigenvalue weighted by molar-refractivity contribution is 7.98. The average Bonchev–Trinajstić information content (AvgIpc) is 3.16. The van der Waals surface area contributed by atoms with Crippen molar-refractivity contribution in [3.63, 3.8) is 0 Å². The van der Waals surface area contributed by atoms with Gasteiger partial charge in [-0.25, -0.2) is 4.68 Å². The fourth-order valence-corrected chi connectivity index (χ4v) is 4.64. The number of nitrogens with zero attached hydrogens (tertiary/aromatic N) is 3. The largest absolute Gasteiger partial charge is 0.328 e. The van der Waals surface area contributed by atoms with Crippen molar-refractivity contribution in [2.45, 2.75) is 37.7 Å². The Morgan fingerprint density at radius 2 is 1.75 bits per heavy atom. The van der Waals surface area contributed by atoms with Gasteiger partial charge in [0.05, 0.1) is 11.6 Å². The Morgan fingerprint density at radius 1 is 1.12 bits per heavy atom. The van der Waals surface area contributed by atoms with Crippen molar-refractivity contribution >= 4 is 52.5 Å². The van der Waals surface area contributed by atoms with Crippen molar-refractivity contribution in [2.75, 3.05) is 10.6 Å². The summed E-state index contributed by atoms with van der Waals surface area (Å²) in [5, 5.41) is 12.9. The minimum Gasteiger partial charge on any atom is -0.328 e. The molecular weight excluding hydrogens is 465 g/mol. The first kappa shape index (κ1) is 22.7. The zero-order valence-electron chi connectivity index (χ0n) is 17.9. The van der Waals surface area contributed by atoms with Gasteiger partial charge in [-0.3, -0.25) is 4.79 Å². The maximum absolute atomic E-state index is 13.2. The Morgan fingerprint density at radius 3 is 2.38 bits per heavy atom. The van der Waals surface area contributed by atoms with Gasteiger partial charge in [0.25, 0.3) is 5.91 Å². The van der Waals surface area contributed by atoms with Crippen LogP contribution < -0.4 is 10.6 Å². The summed E-state index contributed by atoms with van der Waals surface area (Å²) in [6.07, 6.45) is 0. The van der Waals surface area contributed by atoms with Crippen LogP contribution in [0.2, 0.25) is 10.0 Å². The molecule has 0 saturated heterocycles. The molecular formula is C23H23Cl2N5OS. The van der Waals surface area contributed by atoms with Crippen LogP contribution in [0.15, 0.2) is 65.0 Å². The molecule has 1 amide bonds. The van der Waals surface area contributed by atoms with Gasteiger partial charge in [-0.1, -0.05) is 60.9 Å². The van der Waals surface area contributed by atoms with Crippen LogP contribution in [-0.2, 0) is 10.5 Å². The average molecular weight is 488 g/mol. The molecule has 1 atom stereocenters. The molecule has 4 rings (SSSR count). The van der Waals surface area contributed by atoms with Gasteiger partial charge in [-0.2, -0.15) is 4.98 Å². The van der Waals surface area contributed by atoms with Gasteiger partial charge in [0.15, 0.2) is 0 Å². The third kappa shape index (κ3) is 4.95. The number of carbonyl (C=O) groups excluding carboxylic acids is 1. The molecule has 0 bridgehead atoms. The molecule has 1 aliphatic rings. The summed E-state index contributed by atoms with van der Waals surface area (Å²) in [4.78, 5) is 17.9. The van der Waals surface area contributed by atoms with E-state index in [9.17, 15) is 4.79 Å². The lowest BCUT2D eigenvalue weighted by Crippen LogP contribution is -2.33. The maximum atomic E-state index is 13.2. The molecule has 0 aliphatic carbocycles. The number of benzene rings is 2. The Hall–Kier alpha value is -2.48. The number of amides is 1. The summed E-state index contributed by atoms with van der Waals surface area (Å²) in [5.74, 6) is 1.33. The van der Waals surface area contributed by atoms with Gasteiger partial charge in [-0.15, -0.1) is 5.10 Å². The van der Waals surface area contributed by atoms with Crippen molar-refractivity contribution in [1.82, 2.24) is 14.8 Å². The summed E-state index contributed by atoms with van der Waals surface area (Å²) >= 11 is 13.5. The predicted octanol–water partition coefficient (Wildman–Crippen LogP) is 6.41. The summed E-state index contributed by atoms with van der Waals surface area (Å²) in [6, 6.07) is 14.5. The van der Waals surface area contributed by atoms with Crippen LogP contribution in [0.4, 0.5) is 11.6 Å². The highest BCUT2D eigenvalue weighted by atomic mass is 35.5. The van der Waals surface area contributed by atoms with Crippen LogP contribution in [0.25, 0.3) is 0 Å². The van der Waals surface area contributed by atoms with E-state index < -0.39 is 0 Å². The van der Waals surface area contributed by atoms with Crippen molar-refractivity contribution in [3.8, 4) is 0 Å². The fraction of sp³-hybridized carbons (Fsp3) is 0.261. The molecule has 1 aliphatic heterocycles. The lowest BCUT2D eigenvalue weighted by Gasteiger charge is -2.30. The minimum absolute atomic E-state index is 0.132. The third-order valence-electron chi connectivity index (χ3n) is 5.13. The monoisotopic (exact) mass is 487 g/mol. The maximum Gasteiger partial charge on any atom is 0.255 e. The first-order valence-electron chi connectivity index (χ1n) is 10.2. The number of fused-ring (bicyclic) bond motifs is 1. The van der Waals surface area contributed by atoms with E-state index in [0.717, 1.165) is 17.0 Å². The van der Waals surface area contributed by atoms with Crippen molar-refractivity contribution < 1.29 is 4.79 Å². The summed E-state index contributed by atoms with van der Waals surface area (Å²) in [7, 11) is 0. The molecule has 6 nitrogen and oxygen atoms in total. The first-order chi connectivity index (χ1) is 15.3. The second-order valence-electron chi connectivity index (χ2n) is 7.89. The van der Waals surface area contributed by atoms with Crippen LogP contribution in [0, 0.1) is 5.92 Å². The number of thioether (sulfide) groups is 1. The lowest BCUT2D eigenvalue weighted by molar-refractivity contribution is -0.113. The van der Waals surface area contributed by atoms with E-state index in [0.29, 0.717) is 32.4 Å². The molecule has 2 heterocycles. The van der Waals surface area contributed by atoms with E-state index in [-0.39, 0.29) is 17.9 Å². The fourth-order valence-electron chi connectivity index (χ4n) is 3.60. The normalized spacial score (nSPS) is 15.5. The first-order valence-corrected chi connectivity index (χ1v) is 11.9. The van der Waals surface area contributed by atoms with Crippen LogP contribution >= 0.6 is 35.0 Å². The van der Waals surface area contributed by atoms with E-state index in [1.54, 1.807) is 36.0 Å². The van der Waals surface area contributed by atoms with Crippen molar-refractivity contribution in [1.29, 1.82) is 0 Å². The van der Waals surface area contributed by atoms with E-state index in [1.807, 2.05) is 35.9 Å². The van der Waals surface area contributed by atoms with Crippen molar-refractivity contribution in [2.24, 2.45) is 5.92 Å². The second-order valence-corrected chi connectivity index (χ2v) is 9.71. The number of hydrogen-bond acceptors (Lipinski definition) is 5. The van der Waals surface area contributed by atoms with E-state index in [2.05, 4.69) is 29.5 Å². The summed E-state index contributed by atoms with van der Waals surface area (Å²) in [5.41, 5.74) is 3.23. The van der Waals surface area contributed by atoms with Crippen LogP contribution in [0.5, 0.6) is 0 Å². The second kappa shape index (κ2) is 9.57. The molecule has 2 N–H and O–H groups in total. The van der Waals surface area contributed by atoms with Crippen LogP contribution in [0.1, 0.15) is 32.4 Å². The number of hydrogen-bond donors (Lipinski definition) is 2. The van der Waals surface area contributed by atoms with Gasteiger partial charge in [0, 0.05) is 27.2 Å². The van der Waals surface area contributed by atoms with Crippen molar-refractivity contribution in [3.05, 3.63) is 75.4 Å². The number of anilines is 2. The molecule has 0 radical (unpaired) electrons. The van der Waals surface area contributed by atoms with E-state index in [4.69, 9.17) is 28.3 Å². The Balaban J connectivity index is 1.55. The Bertz CT molecular complexity index is 1160. The quantitative estimate of drug-likeness (QED) is 0.392. The molecule has 3 aromatic rings. The van der Waals surface area contributed by atoms with Crippen LogP contribution in [-0.4, -0.2) is 20.7 Å². The molecule has 1 unspecified atom stereocenters. The molecule has 2 aromatic carbocycles. The van der Waals surface area contributed by atoms with E-state index in [1.165, 1.54) is 0 Å². The minimum atomic E-state index is -0.240. The van der Waals surface area contributed by atoms with Gasteiger partial charge in [0.1, 0.15) is 0 Å². The molecule has 1 aromatic heterocycles. The Labute approximate surface area is 201 Å². The third-order valence-corrected chi connectivity index (χ3v) is 6.55. The number of carbonyl (C=O) groups is 1. The number of halogens is 2. The highest BCUT2D eigenvalue weighted by Gasteiger charge is 2.35. The van der Waals surface area contributed by atoms with Gasteiger partial charge >= 0.3 is 0 Å². The molecule has 9 heteroatoms. The molecule has 0 saturated carbocycles. The molecule has 166 valence electrons. The summed E-state index contributed by atoms with van der Waals surface area (Å²) < 4.78 is 1.82. The number of allylic oxidation sites excluding steroid dienone is 1. The van der Waals surface area contributed by atoms with Crippen LogP contribution in [0.3, 0.4) is 0 Å². The lowest BCUT2D eigenvalue weighted by atomic mass is 9.92. The number of nitrogens with one attached hydrogen (secondary N) is 2. The van der Waals surface area contributed by atoms with Gasteiger partial charge < -0.3 is 10.6 Å². The topological polar surface area (TPSA) is 71.8 Å². The predicted molar refractivity (Wildman–Crippen MR) is 131 cm³/mol. The number of rotatable bonds is 6. The molecule has 0 fully saturated rings. The standard InChI is InChI=1S/C23H23Cl2N5OS/c1-13(2)20-19(21(31)27-18-10-8-17(25)9-11-18)14(3)26-22-28-23(29-30(20)22)32-12-15-4-6-16(24)7-5-15/h4-11,13,20H,12H2,1-3H3,(H,27,31)(H,26,28,29). The highest BCUT2D eigenvalue weighted by Crippen LogP contribution is 2.37. The zero-order valence-corrected chi connectivity index (χ0v) is 20.2. The molecule has 32 heavy (non-hydrogen) atoms. The van der Waals surface area contributed by atoms with Gasteiger partial charge in [-0.05, 0) is 54.8 Å².